The minimum Gasteiger partial charge on any atom is -0.367 e. The number of aromatic amines is 1. The topological polar surface area (TPSA) is 82.6 Å². The highest BCUT2D eigenvalue weighted by Crippen LogP contribution is 2.36. The van der Waals surface area contributed by atoms with Crippen molar-refractivity contribution < 1.29 is 13.2 Å². The summed E-state index contributed by atoms with van der Waals surface area (Å²) in [5.41, 5.74) is -0.546. The molecule has 158 valence electrons. The third-order valence-electron chi connectivity index (χ3n) is 4.96. The van der Waals surface area contributed by atoms with Crippen LogP contribution in [0.2, 0.25) is 5.02 Å². The fourth-order valence-electron chi connectivity index (χ4n) is 3.29. The predicted molar refractivity (Wildman–Crippen MR) is 107 cm³/mol. The maximum atomic E-state index is 12.9. The number of rotatable bonds is 4. The van der Waals surface area contributed by atoms with Crippen LogP contribution in [-0.4, -0.2) is 56.2 Å². The van der Waals surface area contributed by atoms with Crippen molar-refractivity contribution in [2.75, 3.05) is 25.5 Å². The first-order valence-electron chi connectivity index (χ1n) is 9.37. The van der Waals surface area contributed by atoms with Crippen molar-refractivity contribution in [3.63, 3.8) is 0 Å². The lowest BCUT2D eigenvalue weighted by Crippen LogP contribution is -2.36. The molecule has 0 bridgehead atoms. The number of H-pyrrole nitrogens is 1. The quantitative estimate of drug-likeness (QED) is 0.639. The smallest absolute Gasteiger partial charge is 0.367 e. The Morgan fingerprint density at radius 2 is 1.90 bits per heavy atom. The molecule has 0 atom stereocenters. The number of nitrogens with zero attached hydrogens (tertiary/aromatic N) is 5. The molecule has 4 rings (SSSR count). The molecule has 1 aliphatic heterocycles. The van der Waals surface area contributed by atoms with Crippen LogP contribution in [0.15, 0.2) is 30.5 Å². The van der Waals surface area contributed by atoms with Crippen molar-refractivity contribution in [3.05, 3.63) is 41.0 Å². The molecular weight excluding hydrogens is 419 g/mol. The molecule has 0 amide bonds. The van der Waals surface area contributed by atoms with Crippen molar-refractivity contribution in [1.82, 2.24) is 30.0 Å². The van der Waals surface area contributed by atoms with E-state index in [-0.39, 0.29) is 5.82 Å². The first-order chi connectivity index (χ1) is 14.3. The van der Waals surface area contributed by atoms with E-state index in [9.17, 15) is 13.2 Å². The van der Waals surface area contributed by atoms with E-state index in [4.69, 9.17) is 11.6 Å². The number of hydrogen-bond acceptors (Lipinski definition) is 6. The lowest BCUT2D eigenvalue weighted by Gasteiger charge is -2.29. The maximum absolute atomic E-state index is 12.9. The highest BCUT2D eigenvalue weighted by Gasteiger charge is 2.33. The summed E-state index contributed by atoms with van der Waals surface area (Å²) < 4.78 is 38.7. The van der Waals surface area contributed by atoms with Crippen LogP contribution in [0.1, 0.15) is 18.4 Å². The molecular formula is C19H19ClF3N7. The Balaban J connectivity index is 1.52. The van der Waals surface area contributed by atoms with Gasteiger partial charge in [0.1, 0.15) is 5.82 Å². The van der Waals surface area contributed by atoms with Gasteiger partial charge in [-0.15, -0.1) is 0 Å². The van der Waals surface area contributed by atoms with E-state index in [1.807, 2.05) is 0 Å². The van der Waals surface area contributed by atoms with E-state index >= 15 is 0 Å². The van der Waals surface area contributed by atoms with Gasteiger partial charge in [0.15, 0.2) is 17.5 Å². The molecule has 0 aliphatic carbocycles. The van der Waals surface area contributed by atoms with E-state index in [1.54, 1.807) is 12.3 Å². The average molecular weight is 438 g/mol. The zero-order chi connectivity index (χ0) is 21.3. The molecule has 3 heterocycles. The second-order valence-corrected chi connectivity index (χ2v) is 7.59. The van der Waals surface area contributed by atoms with Crippen molar-refractivity contribution in [1.29, 1.82) is 0 Å². The van der Waals surface area contributed by atoms with Gasteiger partial charge in [-0.1, -0.05) is 17.7 Å². The Bertz CT molecular complexity index is 1030. The number of halogens is 4. The standard InChI is InChI=1S/C19H19ClF3N7/c1-30-8-5-12(6-9-30)25-15-4-7-24-17(26-15)18-27-16(28-29-18)11-2-3-13(14(20)10-11)19(21,22)23/h2-4,7,10,12H,5-6,8-9H2,1H3,(H,24,25,26)(H,27,28,29). The fourth-order valence-corrected chi connectivity index (χ4v) is 3.58. The van der Waals surface area contributed by atoms with Crippen LogP contribution in [0, 0.1) is 0 Å². The van der Waals surface area contributed by atoms with E-state index < -0.39 is 16.8 Å². The summed E-state index contributed by atoms with van der Waals surface area (Å²) in [6, 6.07) is 5.51. The van der Waals surface area contributed by atoms with Crippen LogP contribution in [0.3, 0.4) is 0 Å². The Morgan fingerprint density at radius 1 is 1.13 bits per heavy atom. The Labute approximate surface area is 175 Å². The van der Waals surface area contributed by atoms with Crippen LogP contribution in [0.4, 0.5) is 19.0 Å². The predicted octanol–water partition coefficient (Wildman–Crippen LogP) is 4.11. The molecule has 30 heavy (non-hydrogen) atoms. The molecule has 0 unspecified atom stereocenters. The van der Waals surface area contributed by atoms with Crippen molar-refractivity contribution in [2.24, 2.45) is 0 Å². The minimum atomic E-state index is -4.52. The lowest BCUT2D eigenvalue weighted by molar-refractivity contribution is -0.137. The summed E-state index contributed by atoms with van der Waals surface area (Å²) in [5.74, 6) is 1.54. The van der Waals surface area contributed by atoms with E-state index in [1.165, 1.54) is 12.1 Å². The van der Waals surface area contributed by atoms with Gasteiger partial charge in [0.2, 0.25) is 0 Å². The molecule has 2 aromatic heterocycles. The number of likely N-dealkylation sites (tertiary alicyclic amines) is 1. The van der Waals surface area contributed by atoms with Gasteiger partial charge < -0.3 is 10.2 Å². The van der Waals surface area contributed by atoms with Crippen molar-refractivity contribution in [2.45, 2.75) is 25.1 Å². The highest BCUT2D eigenvalue weighted by atomic mass is 35.5. The van der Waals surface area contributed by atoms with Crippen LogP contribution < -0.4 is 5.32 Å². The number of nitrogens with one attached hydrogen (secondary N) is 2. The molecule has 0 saturated carbocycles. The minimum absolute atomic E-state index is 0.206. The lowest BCUT2D eigenvalue weighted by atomic mass is 10.1. The fraction of sp³-hybridized carbons (Fsp3) is 0.368. The third-order valence-corrected chi connectivity index (χ3v) is 5.27. The average Bonchev–Trinajstić information content (AvgIpc) is 3.19. The van der Waals surface area contributed by atoms with Gasteiger partial charge in [-0.25, -0.2) is 15.0 Å². The van der Waals surface area contributed by atoms with Gasteiger partial charge in [-0.3, -0.25) is 5.10 Å². The Kier molecular flexibility index (Phi) is 5.61. The molecule has 11 heteroatoms. The number of benzene rings is 1. The summed E-state index contributed by atoms with van der Waals surface area (Å²) in [6.45, 7) is 2.05. The molecule has 3 aromatic rings. The summed E-state index contributed by atoms with van der Waals surface area (Å²) in [5, 5.41) is 9.81. The van der Waals surface area contributed by atoms with Crippen LogP contribution in [-0.2, 0) is 6.18 Å². The van der Waals surface area contributed by atoms with Gasteiger partial charge in [0.25, 0.3) is 0 Å². The van der Waals surface area contributed by atoms with E-state index in [0.717, 1.165) is 32.0 Å². The summed E-state index contributed by atoms with van der Waals surface area (Å²) in [6.07, 6.45) is -0.848. The van der Waals surface area contributed by atoms with Crippen LogP contribution in [0.25, 0.3) is 23.0 Å². The van der Waals surface area contributed by atoms with Crippen molar-refractivity contribution in [3.8, 4) is 23.0 Å². The summed E-state index contributed by atoms with van der Waals surface area (Å²) >= 11 is 5.79. The van der Waals surface area contributed by atoms with Gasteiger partial charge in [0.05, 0.1) is 10.6 Å². The van der Waals surface area contributed by atoms with Gasteiger partial charge in [-0.05, 0) is 51.2 Å². The maximum Gasteiger partial charge on any atom is 0.417 e. The highest BCUT2D eigenvalue weighted by molar-refractivity contribution is 6.31. The molecule has 1 aromatic carbocycles. The van der Waals surface area contributed by atoms with Crippen LogP contribution >= 0.6 is 11.6 Å². The monoisotopic (exact) mass is 437 g/mol. The number of alkyl halides is 3. The second kappa shape index (κ2) is 8.19. The first-order valence-corrected chi connectivity index (χ1v) is 9.75. The van der Waals surface area contributed by atoms with Gasteiger partial charge in [0, 0.05) is 17.8 Å². The third kappa shape index (κ3) is 4.54. The molecule has 2 N–H and O–H groups in total. The second-order valence-electron chi connectivity index (χ2n) is 7.19. The number of piperidine rings is 1. The molecule has 7 nitrogen and oxygen atoms in total. The summed E-state index contributed by atoms with van der Waals surface area (Å²) in [4.78, 5) is 15.3. The van der Waals surface area contributed by atoms with E-state index in [2.05, 4.69) is 42.4 Å². The first kappa shape index (κ1) is 20.5. The molecule has 0 spiro atoms. The Hall–Kier alpha value is -2.72. The normalized spacial score (nSPS) is 16.0. The zero-order valence-corrected chi connectivity index (χ0v) is 16.8. The SMILES string of the molecule is CN1CCC(Nc2ccnc(-c3nc(-c4ccc(C(F)(F)F)c(Cl)c4)n[nH]3)n2)CC1. The largest absolute Gasteiger partial charge is 0.417 e. The van der Waals surface area contributed by atoms with Gasteiger partial charge in [-0.2, -0.15) is 18.3 Å². The van der Waals surface area contributed by atoms with Crippen molar-refractivity contribution >= 4 is 17.4 Å². The van der Waals surface area contributed by atoms with E-state index in [0.29, 0.717) is 29.1 Å². The number of aromatic nitrogens is 5. The molecule has 1 fully saturated rings. The Morgan fingerprint density at radius 3 is 2.60 bits per heavy atom. The van der Waals surface area contributed by atoms with Crippen LogP contribution in [0.5, 0.6) is 0 Å². The molecule has 1 saturated heterocycles. The summed E-state index contributed by atoms with van der Waals surface area (Å²) in [7, 11) is 2.10. The zero-order valence-electron chi connectivity index (χ0n) is 16.0. The number of anilines is 1. The number of hydrogen-bond donors (Lipinski definition) is 2. The molecule has 1 aliphatic rings. The van der Waals surface area contributed by atoms with Gasteiger partial charge >= 0.3 is 6.18 Å². The molecule has 0 radical (unpaired) electrons.